The van der Waals surface area contributed by atoms with Gasteiger partial charge in [-0.1, -0.05) is 19.8 Å². The fourth-order valence-corrected chi connectivity index (χ4v) is 4.09. The number of thiophene rings is 1. The van der Waals surface area contributed by atoms with Crippen LogP contribution in [0.5, 0.6) is 0 Å². The number of hydrogen-bond donors (Lipinski definition) is 1. The van der Waals surface area contributed by atoms with E-state index in [2.05, 4.69) is 18.3 Å². The lowest BCUT2D eigenvalue weighted by Crippen LogP contribution is -2.32. The molecule has 21 heavy (non-hydrogen) atoms. The van der Waals surface area contributed by atoms with Crippen LogP contribution in [0.15, 0.2) is 12.1 Å². The Bertz CT molecular complexity index is 436. The summed E-state index contributed by atoms with van der Waals surface area (Å²) in [5.74, 6) is 0.798. The summed E-state index contributed by atoms with van der Waals surface area (Å²) in [7, 11) is 1.44. The highest BCUT2D eigenvalue weighted by Gasteiger charge is 2.20. The van der Waals surface area contributed by atoms with E-state index in [9.17, 15) is 4.79 Å². The Balaban J connectivity index is 1.70. The van der Waals surface area contributed by atoms with E-state index in [0.717, 1.165) is 17.3 Å². The summed E-state index contributed by atoms with van der Waals surface area (Å²) >= 11 is 1.71. The van der Waals surface area contributed by atoms with Gasteiger partial charge in [-0.25, -0.2) is 0 Å². The molecule has 1 fully saturated rings. The van der Waals surface area contributed by atoms with E-state index in [1.54, 1.807) is 11.3 Å². The zero-order valence-corrected chi connectivity index (χ0v) is 14.0. The first-order valence-corrected chi connectivity index (χ1v) is 8.90. The molecule has 0 aliphatic heterocycles. The Morgan fingerprint density at radius 1 is 1.29 bits per heavy atom. The molecule has 0 aromatic carbocycles. The van der Waals surface area contributed by atoms with Crippen molar-refractivity contribution in [1.29, 1.82) is 0 Å². The first-order chi connectivity index (χ1) is 10.2. The minimum absolute atomic E-state index is 0.161. The zero-order valence-electron chi connectivity index (χ0n) is 13.2. The van der Waals surface area contributed by atoms with Gasteiger partial charge >= 0.3 is 5.97 Å². The zero-order chi connectivity index (χ0) is 15.1. The van der Waals surface area contributed by atoms with Gasteiger partial charge in [0.25, 0.3) is 0 Å². The second kappa shape index (κ2) is 8.54. The molecule has 0 unspecified atom stereocenters. The van der Waals surface area contributed by atoms with Gasteiger partial charge in [-0.05, 0) is 43.7 Å². The predicted molar refractivity (Wildman–Crippen MR) is 87.5 cm³/mol. The number of esters is 1. The molecule has 1 aromatic heterocycles. The van der Waals surface area contributed by atoms with Gasteiger partial charge in [0.2, 0.25) is 0 Å². The Kier molecular flexibility index (Phi) is 6.71. The van der Waals surface area contributed by atoms with Crippen LogP contribution in [0.1, 0.15) is 55.2 Å². The van der Waals surface area contributed by atoms with E-state index < -0.39 is 0 Å². The van der Waals surface area contributed by atoms with Crippen LogP contribution < -0.4 is 5.32 Å². The molecule has 0 spiro atoms. The molecule has 1 aromatic rings. The number of rotatable bonds is 7. The predicted octanol–water partition coefficient (Wildman–Crippen LogP) is 3.91. The van der Waals surface area contributed by atoms with Gasteiger partial charge in [0.1, 0.15) is 0 Å². The third-order valence-corrected chi connectivity index (χ3v) is 5.46. The molecule has 1 heterocycles. The van der Waals surface area contributed by atoms with Crippen molar-refractivity contribution >= 4 is 17.3 Å². The van der Waals surface area contributed by atoms with Crippen molar-refractivity contribution < 1.29 is 9.53 Å². The van der Waals surface area contributed by atoms with Crippen molar-refractivity contribution in [2.75, 3.05) is 7.11 Å². The van der Waals surface area contributed by atoms with Gasteiger partial charge in [-0.15, -0.1) is 11.3 Å². The maximum Gasteiger partial charge on any atom is 0.310 e. The minimum atomic E-state index is -0.161. The second-order valence-corrected chi connectivity index (χ2v) is 7.26. The lowest BCUT2D eigenvalue weighted by molar-refractivity contribution is -0.139. The summed E-state index contributed by atoms with van der Waals surface area (Å²) in [5.41, 5.74) is 0. The average Bonchev–Trinajstić information content (AvgIpc) is 2.94. The topological polar surface area (TPSA) is 38.3 Å². The second-order valence-electron chi connectivity index (χ2n) is 6.01. The number of carbonyl (C=O) groups is 1. The van der Waals surface area contributed by atoms with E-state index in [4.69, 9.17) is 4.74 Å². The molecule has 0 radical (unpaired) electrons. The first kappa shape index (κ1) is 16.5. The van der Waals surface area contributed by atoms with Crippen molar-refractivity contribution in [2.24, 2.45) is 5.92 Å². The summed E-state index contributed by atoms with van der Waals surface area (Å²) in [5, 5.41) is 3.68. The van der Waals surface area contributed by atoms with Gasteiger partial charge in [0, 0.05) is 22.3 Å². The molecule has 0 bridgehead atoms. The van der Waals surface area contributed by atoms with E-state index >= 15 is 0 Å². The number of ether oxygens (including phenoxy) is 1. The third kappa shape index (κ3) is 5.44. The molecule has 1 saturated carbocycles. The maximum atomic E-state index is 11.2. The summed E-state index contributed by atoms with van der Waals surface area (Å²) < 4.78 is 4.70. The SMILES string of the molecule is CCCC1CCC(NCc2ccc(CC(=O)OC)s2)CC1. The molecule has 0 saturated heterocycles. The van der Waals surface area contributed by atoms with Gasteiger partial charge in [0.15, 0.2) is 0 Å². The van der Waals surface area contributed by atoms with Crippen LogP contribution in [0, 0.1) is 5.92 Å². The highest BCUT2D eigenvalue weighted by atomic mass is 32.1. The number of methoxy groups -OCH3 is 1. The lowest BCUT2D eigenvalue weighted by atomic mass is 9.83. The smallest absolute Gasteiger partial charge is 0.310 e. The van der Waals surface area contributed by atoms with Crippen LogP contribution in [0.25, 0.3) is 0 Å². The minimum Gasteiger partial charge on any atom is -0.469 e. The molecule has 1 aliphatic rings. The summed E-state index contributed by atoms with van der Waals surface area (Å²) in [6.45, 7) is 3.21. The number of nitrogens with one attached hydrogen (secondary N) is 1. The first-order valence-electron chi connectivity index (χ1n) is 8.09. The monoisotopic (exact) mass is 309 g/mol. The van der Waals surface area contributed by atoms with Gasteiger partial charge < -0.3 is 10.1 Å². The molecule has 1 aliphatic carbocycles. The fourth-order valence-electron chi connectivity index (χ4n) is 3.14. The van der Waals surface area contributed by atoms with Gasteiger partial charge in [0.05, 0.1) is 13.5 Å². The van der Waals surface area contributed by atoms with Crippen molar-refractivity contribution in [2.45, 2.75) is 64.5 Å². The molecule has 1 N–H and O–H groups in total. The van der Waals surface area contributed by atoms with Gasteiger partial charge in [-0.2, -0.15) is 0 Å². The molecular formula is C17H27NO2S. The van der Waals surface area contributed by atoms with Crippen molar-refractivity contribution in [3.05, 3.63) is 21.9 Å². The van der Waals surface area contributed by atoms with E-state index in [0.29, 0.717) is 12.5 Å². The Labute approximate surface area is 132 Å². The number of hydrogen-bond acceptors (Lipinski definition) is 4. The van der Waals surface area contributed by atoms with Crippen molar-refractivity contribution in [1.82, 2.24) is 5.32 Å². The average molecular weight is 309 g/mol. The Hall–Kier alpha value is -0.870. The fraction of sp³-hybridized carbons (Fsp3) is 0.706. The van der Waals surface area contributed by atoms with Crippen LogP contribution >= 0.6 is 11.3 Å². The molecule has 3 nitrogen and oxygen atoms in total. The standard InChI is InChI=1S/C17H27NO2S/c1-3-4-13-5-7-14(8-6-13)18-12-16-10-9-15(21-16)11-17(19)20-2/h9-10,13-14,18H,3-8,11-12H2,1-2H3. The normalized spacial score (nSPS) is 22.2. The van der Waals surface area contributed by atoms with Crippen LogP contribution in [0.2, 0.25) is 0 Å². The molecule has 0 amide bonds. The maximum absolute atomic E-state index is 11.2. The molecule has 4 heteroatoms. The van der Waals surface area contributed by atoms with Crippen LogP contribution in [0.3, 0.4) is 0 Å². The highest BCUT2D eigenvalue weighted by Crippen LogP contribution is 2.28. The summed E-state index contributed by atoms with van der Waals surface area (Å²) in [6.07, 6.45) is 8.49. The quantitative estimate of drug-likeness (QED) is 0.776. The Morgan fingerprint density at radius 3 is 2.67 bits per heavy atom. The third-order valence-electron chi connectivity index (χ3n) is 4.37. The lowest BCUT2D eigenvalue weighted by Gasteiger charge is -2.28. The molecule has 118 valence electrons. The van der Waals surface area contributed by atoms with E-state index in [1.165, 1.54) is 50.5 Å². The molecular weight excluding hydrogens is 282 g/mol. The van der Waals surface area contributed by atoms with Crippen LogP contribution in [-0.2, 0) is 22.5 Å². The molecule has 2 rings (SSSR count). The van der Waals surface area contributed by atoms with Crippen molar-refractivity contribution in [3.63, 3.8) is 0 Å². The Morgan fingerprint density at radius 2 is 2.00 bits per heavy atom. The van der Waals surface area contributed by atoms with Crippen LogP contribution in [0.4, 0.5) is 0 Å². The number of carbonyl (C=O) groups excluding carboxylic acids is 1. The molecule has 0 atom stereocenters. The van der Waals surface area contributed by atoms with Crippen LogP contribution in [-0.4, -0.2) is 19.1 Å². The highest BCUT2D eigenvalue weighted by molar-refractivity contribution is 7.12. The van der Waals surface area contributed by atoms with E-state index in [1.807, 2.05) is 6.07 Å². The van der Waals surface area contributed by atoms with E-state index in [-0.39, 0.29) is 5.97 Å². The van der Waals surface area contributed by atoms with Gasteiger partial charge in [-0.3, -0.25) is 4.79 Å². The summed E-state index contributed by atoms with van der Waals surface area (Å²) in [6, 6.07) is 4.83. The van der Waals surface area contributed by atoms with Crippen molar-refractivity contribution in [3.8, 4) is 0 Å². The largest absolute Gasteiger partial charge is 0.469 e. The summed E-state index contributed by atoms with van der Waals surface area (Å²) in [4.78, 5) is 13.6.